The predicted octanol–water partition coefficient (Wildman–Crippen LogP) is -0.712. The first-order valence-electron chi connectivity index (χ1n) is 4.20. The second-order valence-electron chi connectivity index (χ2n) is 3.15. The van der Waals surface area contributed by atoms with Crippen LogP contribution in [0.25, 0.3) is 10.1 Å². The third-order valence-corrected chi connectivity index (χ3v) is 3.14. The van der Waals surface area contributed by atoms with E-state index in [2.05, 4.69) is 0 Å². The number of carbonyl (C=O) groups excluding carboxylic acids is 1. The molecule has 0 aliphatic rings. The first kappa shape index (κ1) is 14.5. The minimum atomic E-state index is -4.42. The first-order valence-corrected chi connectivity index (χ1v) is 5.02. The molecule has 7 heteroatoms. The van der Waals surface area contributed by atoms with Gasteiger partial charge in [0.1, 0.15) is 0 Å². The molecular weight excluding hydrogens is 264 g/mol. The van der Waals surface area contributed by atoms with Crippen molar-refractivity contribution >= 4 is 27.4 Å². The van der Waals surface area contributed by atoms with Gasteiger partial charge in [-0.05, 0) is 29.7 Å². The number of aromatic carboxylic acids is 1. The van der Waals surface area contributed by atoms with Gasteiger partial charge in [-0.2, -0.15) is 13.2 Å². The van der Waals surface area contributed by atoms with Crippen molar-refractivity contribution in [2.45, 2.75) is 6.18 Å². The number of halogens is 3. The maximum Gasteiger partial charge on any atom is 1.00 e. The summed E-state index contributed by atoms with van der Waals surface area (Å²) >= 11 is 0.895. The van der Waals surface area contributed by atoms with Crippen LogP contribution in [0, 0.1) is 0 Å². The summed E-state index contributed by atoms with van der Waals surface area (Å²) in [6.45, 7) is 0. The van der Waals surface area contributed by atoms with Gasteiger partial charge in [-0.1, -0.05) is 0 Å². The molecule has 1 aromatic carbocycles. The van der Waals surface area contributed by atoms with Crippen molar-refractivity contribution in [3.63, 3.8) is 0 Å². The Balaban J connectivity index is 0.00000144. The number of carboxylic acid groups (broad SMARTS) is 1. The van der Waals surface area contributed by atoms with Crippen LogP contribution in [0.15, 0.2) is 24.3 Å². The molecule has 0 atom stereocenters. The van der Waals surface area contributed by atoms with Crippen molar-refractivity contribution in [3.8, 4) is 0 Å². The van der Waals surface area contributed by atoms with E-state index in [1.165, 1.54) is 12.1 Å². The summed E-state index contributed by atoms with van der Waals surface area (Å²) in [4.78, 5) is 10.5. The average Bonchev–Trinajstić information content (AvgIpc) is 2.58. The quantitative estimate of drug-likeness (QED) is 0.641. The molecule has 1 aromatic heterocycles. The number of carboxylic acids is 1. The van der Waals surface area contributed by atoms with E-state index in [9.17, 15) is 23.1 Å². The van der Waals surface area contributed by atoms with E-state index in [1.54, 1.807) is 0 Å². The zero-order valence-corrected chi connectivity index (χ0v) is 11.5. The summed E-state index contributed by atoms with van der Waals surface area (Å²) in [5.41, 5.74) is -0.789. The Morgan fingerprint density at radius 3 is 2.41 bits per heavy atom. The minimum absolute atomic E-state index is 0. The molecule has 0 saturated heterocycles. The van der Waals surface area contributed by atoms with Crippen molar-refractivity contribution in [1.82, 2.24) is 0 Å². The van der Waals surface area contributed by atoms with Gasteiger partial charge in [0.25, 0.3) is 0 Å². The smallest absolute Gasteiger partial charge is 0.544 e. The van der Waals surface area contributed by atoms with Crippen molar-refractivity contribution < 1.29 is 52.6 Å². The molecule has 0 radical (unpaired) electrons. The Bertz CT molecular complexity index is 562. The number of benzene rings is 1. The minimum Gasteiger partial charge on any atom is -0.544 e. The Labute approximate surface area is 120 Å². The molecule has 84 valence electrons. The molecule has 2 nitrogen and oxygen atoms in total. The zero-order valence-electron chi connectivity index (χ0n) is 8.67. The third kappa shape index (κ3) is 3.01. The van der Waals surface area contributed by atoms with Crippen LogP contribution in [0.4, 0.5) is 13.2 Å². The number of fused-ring (bicyclic) bond motifs is 1. The second kappa shape index (κ2) is 4.97. The van der Waals surface area contributed by atoms with Crippen LogP contribution in [0.3, 0.4) is 0 Å². The van der Waals surface area contributed by atoms with Gasteiger partial charge in [0, 0.05) is 4.70 Å². The summed E-state index contributed by atoms with van der Waals surface area (Å²) in [6, 6.07) is 4.30. The van der Waals surface area contributed by atoms with Gasteiger partial charge in [0.05, 0.1) is 16.4 Å². The fourth-order valence-electron chi connectivity index (χ4n) is 1.32. The Kier molecular flexibility index (Phi) is 4.24. The third-order valence-electron chi connectivity index (χ3n) is 2.04. The standard InChI is InChI=1S/C10H5F3O2S.Na/c11-10(12,13)6-1-2-7-5(3-6)4-8(16-7)9(14)15;/h1-4H,(H,14,15);/q;+1/p-1. The molecule has 2 rings (SSSR count). The van der Waals surface area contributed by atoms with E-state index in [1.807, 2.05) is 0 Å². The van der Waals surface area contributed by atoms with Gasteiger partial charge in [0.15, 0.2) is 0 Å². The number of hydrogen-bond donors (Lipinski definition) is 0. The topological polar surface area (TPSA) is 40.1 Å². The van der Waals surface area contributed by atoms with Gasteiger partial charge in [-0.3, -0.25) is 0 Å². The number of rotatable bonds is 1. The first-order chi connectivity index (χ1) is 7.38. The van der Waals surface area contributed by atoms with E-state index < -0.39 is 17.7 Å². The van der Waals surface area contributed by atoms with Crippen LogP contribution in [-0.2, 0) is 6.18 Å². The van der Waals surface area contributed by atoms with Gasteiger partial charge in [0.2, 0.25) is 0 Å². The maximum atomic E-state index is 12.4. The fourth-order valence-corrected chi connectivity index (χ4v) is 2.20. The predicted molar refractivity (Wildman–Crippen MR) is 51.2 cm³/mol. The summed E-state index contributed by atoms with van der Waals surface area (Å²) in [6.07, 6.45) is -4.42. The Hall–Kier alpha value is -0.560. The van der Waals surface area contributed by atoms with Gasteiger partial charge < -0.3 is 9.90 Å². The van der Waals surface area contributed by atoms with E-state index >= 15 is 0 Å². The van der Waals surface area contributed by atoms with Crippen LogP contribution in [0.5, 0.6) is 0 Å². The molecule has 1 heterocycles. The van der Waals surface area contributed by atoms with Gasteiger partial charge in [-0.25, -0.2) is 0 Å². The maximum absolute atomic E-state index is 12.4. The summed E-state index contributed by atoms with van der Waals surface area (Å²) < 4.78 is 37.6. The summed E-state index contributed by atoms with van der Waals surface area (Å²) in [5.74, 6) is -1.38. The largest absolute Gasteiger partial charge is 1.00 e. The Morgan fingerprint density at radius 2 is 1.88 bits per heavy atom. The average molecular weight is 268 g/mol. The van der Waals surface area contributed by atoms with E-state index in [-0.39, 0.29) is 39.8 Å². The molecule has 0 amide bonds. The van der Waals surface area contributed by atoms with Crippen LogP contribution in [-0.4, -0.2) is 5.97 Å². The summed E-state index contributed by atoms with van der Waals surface area (Å²) in [7, 11) is 0. The zero-order chi connectivity index (χ0) is 11.9. The van der Waals surface area contributed by atoms with Crippen LogP contribution in [0.2, 0.25) is 0 Å². The van der Waals surface area contributed by atoms with E-state index in [0.29, 0.717) is 4.70 Å². The monoisotopic (exact) mass is 268 g/mol. The molecular formula is C10H4F3NaO2S. The second-order valence-corrected chi connectivity index (χ2v) is 4.23. The molecule has 0 saturated carbocycles. The van der Waals surface area contributed by atoms with Gasteiger partial charge in [-0.15, -0.1) is 11.3 Å². The Morgan fingerprint density at radius 1 is 1.24 bits per heavy atom. The van der Waals surface area contributed by atoms with Crippen molar-refractivity contribution in [1.29, 1.82) is 0 Å². The van der Waals surface area contributed by atoms with Crippen molar-refractivity contribution in [2.24, 2.45) is 0 Å². The van der Waals surface area contributed by atoms with Gasteiger partial charge >= 0.3 is 35.7 Å². The molecule has 0 N–H and O–H groups in total. The molecule has 0 aliphatic carbocycles. The molecule has 2 aromatic rings. The van der Waals surface area contributed by atoms with Crippen molar-refractivity contribution in [3.05, 3.63) is 34.7 Å². The fraction of sp³-hybridized carbons (Fsp3) is 0.100. The SMILES string of the molecule is O=C([O-])c1cc2cc(C(F)(F)F)ccc2s1.[Na+]. The molecule has 0 aliphatic heterocycles. The molecule has 0 fully saturated rings. The van der Waals surface area contributed by atoms with E-state index in [4.69, 9.17) is 0 Å². The number of hydrogen-bond acceptors (Lipinski definition) is 3. The van der Waals surface area contributed by atoms with Crippen LogP contribution >= 0.6 is 11.3 Å². The van der Waals surface area contributed by atoms with Crippen LogP contribution < -0.4 is 34.7 Å². The number of alkyl halides is 3. The van der Waals surface area contributed by atoms with E-state index in [0.717, 1.165) is 23.5 Å². The molecule has 0 bridgehead atoms. The summed E-state index contributed by atoms with van der Waals surface area (Å²) in [5, 5.41) is 10.8. The number of carbonyl (C=O) groups is 1. The van der Waals surface area contributed by atoms with Crippen LogP contribution in [0.1, 0.15) is 15.2 Å². The molecule has 17 heavy (non-hydrogen) atoms. The number of thiophene rings is 1. The molecule has 0 unspecified atom stereocenters. The normalized spacial score (nSPS) is 11.2. The van der Waals surface area contributed by atoms with Crippen molar-refractivity contribution in [2.75, 3.05) is 0 Å². The molecule has 0 spiro atoms.